The summed E-state index contributed by atoms with van der Waals surface area (Å²) in [4.78, 5) is 2.32. The second-order valence-corrected chi connectivity index (χ2v) is 9.11. The van der Waals surface area contributed by atoms with Crippen LogP contribution in [0.25, 0.3) is 0 Å². The van der Waals surface area contributed by atoms with Crippen molar-refractivity contribution in [1.82, 2.24) is 4.90 Å². The number of benzene rings is 2. The molecule has 1 N–H and O–H groups in total. The molecule has 152 valence electrons. The maximum absolute atomic E-state index is 13.3. The Hall–Kier alpha value is -1.93. The van der Waals surface area contributed by atoms with Gasteiger partial charge in [0.2, 0.25) is 0 Å². The van der Waals surface area contributed by atoms with Crippen LogP contribution in [-0.2, 0) is 14.8 Å². The van der Waals surface area contributed by atoms with Gasteiger partial charge in [-0.25, -0.2) is 8.42 Å². The second kappa shape index (κ2) is 9.05. The van der Waals surface area contributed by atoms with E-state index in [-0.39, 0.29) is 11.4 Å². The van der Waals surface area contributed by atoms with Gasteiger partial charge in [0.15, 0.2) is 0 Å². The van der Waals surface area contributed by atoms with Crippen molar-refractivity contribution in [3.05, 3.63) is 59.7 Å². The van der Waals surface area contributed by atoms with E-state index in [1.54, 1.807) is 36.4 Å². The standard InChI is InChI=1S/C21H28N2O4S/c1-17-3-7-19(8-4-17)23(16-20(24)15-22-11-13-27-14-12-22)28(25,26)21-9-5-18(2)6-10-21/h3-10,20,24H,11-16H2,1-2H3/t20-/m1/s1. The molecule has 0 radical (unpaired) electrons. The molecule has 1 aliphatic heterocycles. The number of morpholine rings is 1. The zero-order chi connectivity index (χ0) is 20.1. The number of nitrogens with zero attached hydrogens (tertiary/aromatic N) is 2. The predicted octanol–water partition coefficient (Wildman–Crippen LogP) is 2.19. The van der Waals surface area contributed by atoms with Crippen LogP contribution < -0.4 is 4.31 Å². The summed E-state index contributed by atoms with van der Waals surface area (Å²) in [5.41, 5.74) is 2.59. The Morgan fingerprint density at radius 2 is 1.54 bits per heavy atom. The third-order valence-corrected chi connectivity index (χ3v) is 6.69. The molecule has 7 heteroatoms. The lowest BCUT2D eigenvalue weighted by Crippen LogP contribution is -2.46. The fraction of sp³-hybridized carbons (Fsp3) is 0.429. The first kappa shape index (κ1) is 20.8. The third kappa shape index (κ3) is 5.11. The molecule has 1 aliphatic rings. The van der Waals surface area contributed by atoms with Gasteiger partial charge in [-0.15, -0.1) is 0 Å². The second-order valence-electron chi connectivity index (χ2n) is 7.25. The number of hydrogen-bond acceptors (Lipinski definition) is 5. The molecule has 1 fully saturated rings. The minimum Gasteiger partial charge on any atom is -0.390 e. The minimum atomic E-state index is -3.79. The SMILES string of the molecule is Cc1ccc(N(C[C@H](O)CN2CCOCC2)S(=O)(=O)c2ccc(C)cc2)cc1. The van der Waals surface area contributed by atoms with Crippen LogP contribution in [0, 0.1) is 13.8 Å². The fourth-order valence-electron chi connectivity index (χ4n) is 3.22. The summed E-state index contributed by atoms with van der Waals surface area (Å²) >= 11 is 0. The number of β-amino-alcohol motifs (C(OH)–C–C–N with tert-alkyl or cyclic N) is 1. The maximum Gasteiger partial charge on any atom is 0.264 e. The van der Waals surface area contributed by atoms with E-state index >= 15 is 0 Å². The maximum atomic E-state index is 13.3. The Morgan fingerprint density at radius 1 is 1.00 bits per heavy atom. The number of hydrogen-bond donors (Lipinski definition) is 1. The monoisotopic (exact) mass is 404 g/mol. The van der Waals surface area contributed by atoms with Crippen LogP contribution in [0.2, 0.25) is 0 Å². The summed E-state index contributed by atoms with van der Waals surface area (Å²) < 4.78 is 33.3. The van der Waals surface area contributed by atoms with Crippen molar-refractivity contribution in [2.45, 2.75) is 24.8 Å². The molecule has 1 heterocycles. The number of aliphatic hydroxyl groups is 1. The highest BCUT2D eigenvalue weighted by atomic mass is 32.2. The Kier molecular flexibility index (Phi) is 6.72. The van der Waals surface area contributed by atoms with Gasteiger partial charge in [0.05, 0.1) is 36.4 Å². The lowest BCUT2D eigenvalue weighted by atomic mass is 10.2. The number of aryl methyl sites for hydroxylation is 2. The molecule has 0 spiro atoms. The summed E-state index contributed by atoms with van der Waals surface area (Å²) in [6.45, 7) is 7.03. The number of rotatable bonds is 7. The van der Waals surface area contributed by atoms with E-state index in [4.69, 9.17) is 4.74 Å². The quantitative estimate of drug-likeness (QED) is 0.766. The molecule has 0 aliphatic carbocycles. The summed E-state index contributed by atoms with van der Waals surface area (Å²) in [6, 6.07) is 14.1. The zero-order valence-corrected chi connectivity index (χ0v) is 17.2. The average molecular weight is 405 g/mol. The number of anilines is 1. The van der Waals surface area contributed by atoms with Crippen LogP contribution in [-0.4, -0.2) is 63.9 Å². The van der Waals surface area contributed by atoms with Gasteiger partial charge >= 0.3 is 0 Å². The molecule has 6 nitrogen and oxygen atoms in total. The van der Waals surface area contributed by atoms with E-state index in [1.807, 2.05) is 26.0 Å². The molecule has 0 unspecified atom stereocenters. The molecule has 0 aromatic heterocycles. The van der Waals surface area contributed by atoms with Crippen molar-refractivity contribution >= 4 is 15.7 Å². The summed E-state index contributed by atoms with van der Waals surface area (Å²) in [5, 5.41) is 10.7. The van der Waals surface area contributed by atoms with E-state index < -0.39 is 16.1 Å². The highest BCUT2D eigenvalue weighted by Gasteiger charge is 2.28. The largest absolute Gasteiger partial charge is 0.390 e. The molecule has 0 bridgehead atoms. The van der Waals surface area contributed by atoms with Crippen LogP contribution in [0.4, 0.5) is 5.69 Å². The summed E-state index contributed by atoms with van der Waals surface area (Å²) in [5.74, 6) is 0. The molecule has 0 saturated carbocycles. The van der Waals surface area contributed by atoms with E-state index in [0.29, 0.717) is 25.4 Å². The Bertz CT molecular complexity index is 860. The highest BCUT2D eigenvalue weighted by Crippen LogP contribution is 2.25. The van der Waals surface area contributed by atoms with Crippen LogP contribution in [0.3, 0.4) is 0 Å². The first-order chi connectivity index (χ1) is 13.4. The lowest BCUT2D eigenvalue weighted by molar-refractivity contribution is 0.0166. The van der Waals surface area contributed by atoms with Gasteiger partial charge in [0, 0.05) is 19.6 Å². The fourth-order valence-corrected chi connectivity index (χ4v) is 4.72. The highest BCUT2D eigenvalue weighted by molar-refractivity contribution is 7.92. The summed E-state index contributed by atoms with van der Waals surface area (Å²) in [6.07, 6.45) is -0.806. The topological polar surface area (TPSA) is 70.1 Å². The van der Waals surface area contributed by atoms with Crippen LogP contribution >= 0.6 is 0 Å². The van der Waals surface area contributed by atoms with Gasteiger partial charge in [0.25, 0.3) is 10.0 Å². The van der Waals surface area contributed by atoms with Gasteiger partial charge in [-0.3, -0.25) is 9.21 Å². The molecule has 3 rings (SSSR count). The number of ether oxygens (including phenoxy) is 1. The van der Waals surface area contributed by atoms with Crippen molar-refractivity contribution in [2.75, 3.05) is 43.7 Å². The van der Waals surface area contributed by atoms with E-state index in [1.165, 1.54) is 4.31 Å². The minimum absolute atomic E-state index is 0.00335. The smallest absolute Gasteiger partial charge is 0.264 e. The lowest BCUT2D eigenvalue weighted by Gasteiger charge is -2.31. The van der Waals surface area contributed by atoms with Gasteiger partial charge in [-0.2, -0.15) is 0 Å². The van der Waals surface area contributed by atoms with Crippen molar-refractivity contribution in [1.29, 1.82) is 0 Å². The Balaban J connectivity index is 1.86. The van der Waals surface area contributed by atoms with Crippen molar-refractivity contribution in [3.8, 4) is 0 Å². The predicted molar refractivity (Wildman–Crippen MR) is 110 cm³/mol. The zero-order valence-electron chi connectivity index (χ0n) is 16.4. The Labute approximate surface area is 167 Å². The van der Waals surface area contributed by atoms with Gasteiger partial charge in [0.1, 0.15) is 0 Å². The van der Waals surface area contributed by atoms with Crippen molar-refractivity contribution in [3.63, 3.8) is 0 Å². The molecular weight excluding hydrogens is 376 g/mol. The van der Waals surface area contributed by atoms with E-state index in [0.717, 1.165) is 24.2 Å². The molecule has 2 aromatic rings. The molecule has 0 amide bonds. The first-order valence-corrected chi connectivity index (χ1v) is 10.9. The number of sulfonamides is 1. The Morgan fingerprint density at radius 3 is 2.11 bits per heavy atom. The molecule has 1 atom stereocenters. The van der Waals surface area contributed by atoms with Crippen LogP contribution in [0.1, 0.15) is 11.1 Å². The summed E-state index contributed by atoms with van der Waals surface area (Å²) in [7, 11) is -3.79. The van der Waals surface area contributed by atoms with Crippen molar-refractivity contribution in [2.24, 2.45) is 0 Å². The normalized spacial score (nSPS) is 16.7. The van der Waals surface area contributed by atoms with Gasteiger partial charge < -0.3 is 9.84 Å². The number of aliphatic hydroxyl groups excluding tert-OH is 1. The van der Waals surface area contributed by atoms with Crippen molar-refractivity contribution < 1.29 is 18.3 Å². The van der Waals surface area contributed by atoms with Gasteiger partial charge in [-0.05, 0) is 38.1 Å². The molecule has 2 aromatic carbocycles. The van der Waals surface area contributed by atoms with E-state index in [2.05, 4.69) is 4.90 Å². The van der Waals surface area contributed by atoms with Crippen LogP contribution in [0.5, 0.6) is 0 Å². The third-order valence-electron chi connectivity index (χ3n) is 4.88. The molecular formula is C21H28N2O4S. The van der Waals surface area contributed by atoms with Crippen LogP contribution in [0.15, 0.2) is 53.4 Å². The molecule has 1 saturated heterocycles. The average Bonchev–Trinajstić information content (AvgIpc) is 2.68. The van der Waals surface area contributed by atoms with E-state index in [9.17, 15) is 13.5 Å². The molecule has 28 heavy (non-hydrogen) atoms. The van der Waals surface area contributed by atoms with Gasteiger partial charge in [-0.1, -0.05) is 35.4 Å². The first-order valence-electron chi connectivity index (χ1n) is 9.50.